The van der Waals surface area contributed by atoms with E-state index in [4.69, 9.17) is 0 Å². The van der Waals surface area contributed by atoms with Crippen molar-refractivity contribution in [3.63, 3.8) is 0 Å². The third-order valence-electron chi connectivity index (χ3n) is 7.64. The minimum atomic E-state index is -0.160. The Bertz CT molecular complexity index is 1300. The van der Waals surface area contributed by atoms with Crippen molar-refractivity contribution < 1.29 is 4.79 Å². The molecule has 35 heavy (non-hydrogen) atoms. The van der Waals surface area contributed by atoms with E-state index in [1.54, 1.807) is 0 Å². The minimum absolute atomic E-state index is 0.160. The van der Waals surface area contributed by atoms with Crippen molar-refractivity contribution in [3.8, 4) is 0 Å². The highest BCUT2D eigenvalue weighted by molar-refractivity contribution is 6.00. The standard InChI is InChI=1S/C29H31N5O/c35-29(34-28-9-5-4-8-27(28)30-31-34)24-12-16-26(17-13-24)33-20-18-32(19-21-33)25-14-10-23(11-15-25)22-6-2-1-3-7-22/h4-5,8-17,22H,1-3,6-7,18-21H2. The Kier molecular flexibility index (Phi) is 5.94. The van der Waals surface area contributed by atoms with Gasteiger partial charge < -0.3 is 9.80 Å². The molecule has 0 spiro atoms. The summed E-state index contributed by atoms with van der Waals surface area (Å²) in [7, 11) is 0. The normalized spacial score (nSPS) is 17.1. The number of carbonyl (C=O) groups is 1. The van der Waals surface area contributed by atoms with Crippen LogP contribution in [0.3, 0.4) is 0 Å². The fourth-order valence-corrected chi connectivity index (χ4v) is 5.57. The Hall–Kier alpha value is -3.67. The number of hydrogen-bond donors (Lipinski definition) is 0. The molecule has 1 saturated carbocycles. The maximum Gasteiger partial charge on any atom is 0.280 e. The molecule has 0 unspecified atom stereocenters. The van der Waals surface area contributed by atoms with E-state index >= 15 is 0 Å². The second kappa shape index (κ2) is 9.53. The first-order valence-electron chi connectivity index (χ1n) is 12.8. The van der Waals surface area contributed by atoms with Crippen LogP contribution in [0, 0.1) is 0 Å². The zero-order valence-corrected chi connectivity index (χ0v) is 20.0. The van der Waals surface area contributed by atoms with E-state index in [2.05, 4.69) is 44.4 Å². The number of fused-ring (bicyclic) bond motifs is 1. The Labute approximate surface area is 206 Å². The van der Waals surface area contributed by atoms with Gasteiger partial charge in [0.2, 0.25) is 0 Å². The lowest BCUT2D eigenvalue weighted by molar-refractivity contribution is 0.0948. The van der Waals surface area contributed by atoms with Crippen molar-refractivity contribution in [3.05, 3.63) is 83.9 Å². The highest BCUT2D eigenvalue weighted by Gasteiger charge is 2.20. The molecular weight excluding hydrogens is 434 g/mol. The van der Waals surface area contributed by atoms with Gasteiger partial charge in [0, 0.05) is 43.1 Å². The first-order chi connectivity index (χ1) is 17.3. The third-order valence-corrected chi connectivity index (χ3v) is 7.64. The quantitative estimate of drug-likeness (QED) is 0.399. The zero-order chi connectivity index (χ0) is 23.6. The lowest BCUT2D eigenvalue weighted by atomic mass is 9.84. The second-order valence-corrected chi connectivity index (χ2v) is 9.74. The van der Waals surface area contributed by atoms with Crippen LogP contribution >= 0.6 is 0 Å². The number of benzene rings is 3. The number of hydrogen-bond acceptors (Lipinski definition) is 5. The molecule has 1 saturated heterocycles. The molecule has 2 aliphatic rings. The van der Waals surface area contributed by atoms with Gasteiger partial charge in [-0.05, 0) is 72.9 Å². The van der Waals surface area contributed by atoms with E-state index in [0.29, 0.717) is 5.56 Å². The van der Waals surface area contributed by atoms with Crippen molar-refractivity contribution in [2.45, 2.75) is 38.0 Å². The van der Waals surface area contributed by atoms with Gasteiger partial charge in [-0.1, -0.05) is 48.7 Å². The molecular formula is C29H31N5O. The first kappa shape index (κ1) is 21.8. The number of piperazine rings is 1. The molecule has 3 aromatic carbocycles. The molecule has 1 aliphatic heterocycles. The largest absolute Gasteiger partial charge is 0.368 e. The van der Waals surface area contributed by atoms with E-state index in [-0.39, 0.29) is 5.91 Å². The lowest BCUT2D eigenvalue weighted by Gasteiger charge is -2.37. The lowest BCUT2D eigenvalue weighted by Crippen LogP contribution is -2.46. The number of aromatic nitrogens is 3. The average Bonchev–Trinajstić information content (AvgIpc) is 3.38. The highest BCUT2D eigenvalue weighted by Crippen LogP contribution is 2.33. The number of para-hydroxylation sites is 1. The minimum Gasteiger partial charge on any atom is -0.368 e. The molecule has 1 aromatic heterocycles. The molecule has 2 fully saturated rings. The highest BCUT2D eigenvalue weighted by atomic mass is 16.2. The fraction of sp³-hybridized carbons (Fsp3) is 0.345. The van der Waals surface area contributed by atoms with Crippen LogP contribution in [0.4, 0.5) is 11.4 Å². The van der Waals surface area contributed by atoms with Crippen LogP contribution in [0.5, 0.6) is 0 Å². The number of carbonyl (C=O) groups excluding carboxylic acids is 1. The van der Waals surface area contributed by atoms with Crippen molar-refractivity contribution in [1.29, 1.82) is 0 Å². The summed E-state index contributed by atoms with van der Waals surface area (Å²) < 4.78 is 1.38. The Morgan fingerprint density at radius 2 is 1.31 bits per heavy atom. The Balaban J connectivity index is 1.08. The summed E-state index contributed by atoms with van der Waals surface area (Å²) in [6.07, 6.45) is 6.84. The SMILES string of the molecule is O=C(c1ccc(N2CCN(c3ccc(C4CCCCC4)cc3)CC2)cc1)n1nnc2ccccc21. The van der Waals surface area contributed by atoms with E-state index in [0.717, 1.165) is 48.8 Å². The van der Waals surface area contributed by atoms with Gasteiger partial charge in [-0.25, -0.2) is 0 Å². The monoisotopic (exact) mass is 465 g/mol. The van der Waals surface area contributed by atoms with Gasteiger partial charge in [0.1, 0.15) is 5.52 Å². The molecule has 0 bridgehead atoms. The molecule has 178 valence electrons. The van der Waals surface area contributed by atoms with E-state index in [9.17, 15) is 4.79 Å². The number of rotatable bonds is 4. The summed E-state index contributed by atoms with van der Waals surface area (Å²) in [6, 6.07) is 24.7. The summed E-state index contributed by atoms with van der Waals surface area (Å²) >= 11 is 0. The fourth-order valence-electron chi connectivity index (χ4n) is 5.57. The molecule has 0 atom stereocenters. The zero-order valence-electron chi connectivity index (χ0n) is 20.0. The topological polar surface area (TPSA) is 54.3 Å². The van der Waals surface area contributed by atoms with Gasteiger partial charge in [0.15, 0.2) is 0 Å². The third kappa shape index (κ3) is 4.41. The van der Waals surface area contributed by atoms with Gasteiger partial charge in [0.05, 0.1) is 5.52 Å². The van der Waals surface area contributed by atoms with E-state index in [1.165, 1.54) is 48.0 Å². The van der Waals surface area contributed by atoms with Crippen LogP contribution < -0.4 is 9.80 Å². The van der Waals surface area contributed by atoms with Crippen molar-refractivity contribution in [2.75, 3.05) is 36.0 Å². The molecule has 6 rings (SSSR count). The van der Waals surface area contributed by atoms with Crippen LogP contribution in [0.2, 0.25) is 0 Å². The maximum atomic E-state index is 13.0. The Morgan fingerprint density at radius 1 is 0.714 bits per heavy atom. The summed E-state index contributed by atoms with van der Waals surface area (Å²) in [6.45, 7) is 3.92. The molecule has 2 heterocycles. The predicted octanol–water partition coefficient (Wildman–Crippen LogP) is 5.49. The van der Waals surface area contributed by atoms with Crippen molar-refractivity contribution in [1.82, 2.24) is 15.0 Å². The smallest absolute Gasteiger partial charge is 0.280 e. The number of nitrogens with zero attached hydrogens (tertiary/aromatic N) is 5. The molecule has 4 aromatic rings. The van der Waals surface area contributed by atoms with Crippen molar-refractivity contribution >= 4 is 28.3 Å². The van der Waals surface area contributed by atoms with Crippen LogP contribution in [0.15, 0.2) is 72.8 Å². The van der Waals surface area contributed by atoms with Crippen LogP contribution in [0.1, 0.15) is 53.9 Å². The molecule has 0 radical (unpaired) electrons. The predicted molar refractivity (Wildman–Crippen MR) is 140 cm³/mol. The van der Waals surface area contributed by atoms with Gasteiger partial charge in [-0.2, -0.15) is 4.68 Å². The summed E-state index contributed by atoms with van der Waals surface area (Å²) in [5.41, 5.74) is 6.05. The van der Waals surface area contributed by atoms with E-state index < -0.39 is 0 Å². The summed E-state index contributed by atoms with van der Waals surface area (Å²) in [5.74, 6) is 0.597. The van der Waals surface area contributed by atoms with Crippen molar-refractivity contribution in [2.24, 2.45) is 0 Å². The van der Waals surface area contributed by atoms with Gasteiger partial charge in [-0.15, -0.1) is 5.10 Å². The van der Waals surface area contributed by atoms with E-state index in [1.807, 2.05) is 48.5 Å². The molecule has 6 heteroatoms. The van der Waals surface area contributed by atoms with Gasteiger partial charge >= 0.3 is 0 Å². The average molecular weight is 466 g/mol. The summed E-state index contributed by atoms with van der Waals surface area (Å²) in [4.78, 5) is 17.8. The van der Waals surface area contributed by atoms with Gasteiger partial charge in [-0.3, -0.25) is 4.79 Å². The second-order valence-electron chi connectivity index (χ2n) is 9.74. The number of anilines is 2. The molecule has 1 aliphatic carbocycles. The first-order valence-corrected chi connectivity index (χ1v) is 12.8. The molecule has 6 nitrogen and oxygen atoms in total. The van der Waals surface area contributed by atoms with Gasteiger partial charge in [0.25, 0.3) is 5.91 Å². The Morgan fingerprint density at radius 3 is 1.97 bits per heavy atom. The molecule has 0 N–H and O–H groups in total. The maximum absolute atomic E-state index is 13.0. The van der Waals surface area contributed by atoms with Crippen LogP contribution in [0.25, 0.3) is 11.0 Å². The molecule has 0 amide bonds. The summed E-state index contributed by atoms with van der Waals surface area (Å²) in [5, 5.41) is 8.15. The van der Waals surface area contributed by atoms with Crippen LogP contribution in [-0.2, 0) is 0 Å². The van der Waals surface area contributed by atoms with Crippen LogP contribution in [-0.4, -0.2) is 47.1 Å².